The van der Waals surface area contributed by atoms with Crippen LogP contribution in [0.3, 0.4) is 0 Å². The van der Waals surface area contributed by atoms with Crippen LogP contribution in [0.1, 0.15) is 23.0 Å². The van der Waals surface area contributed by atoms with Gasteiger partial charge >= 0.3 is 5.97 Å². The lowest BCUT2D eigenvalue weighted by Crippen LogP contribution is -2.32. The summed E-state index contributed by atoms with van der Waals surface area (Å²) in [7, 11) is -3.84. The van der Waals surface area contributed by atoms with Gasteiger partial charge in [0.1, 0.15) is 9.77 Å². The molecule has 0 aliphatic carbocycles. The molecule has 18 heavy (non-hydrogen) atoms. The molecule has 1 rings (SSSR count). The van der Waals surface area contributed by atoms with Crippen LogP contribution in [0.4, 0.5) is 0 Å². The van der Waals surface area contributed by atoms with E-state index in [1.54, 1.807) is 0 Å². The van der Waals surface area contributed by atoms with Crippen LogP contribution >= 0.6 is 11.3 Å². The molecule has 1 aromatic rings. The minimum absolute atomic E-state index is 0.0644. The number of thiophene rings is 1. The van der Waals surface area contributed by atoms with Crippen molar-refractivity contribution < 1.29 is 18.3 Å². The van der Waals surface area contributed by atoms with E-state index in [4.69, 9.17) is 11.5 Å². The van der Waals surface area contributed by atoms with E-state index in [9.17, 15) is 13.2 Å². The first-order valence-electron chi connectivity index (χ1n) is 5.19. The van der Waals surface area contributed by atoms with Crippen LogP contribution in [0, 0.1) is 12.3 Å². The highest BCUT2D eigenvalue weighted by molar-refractivity contribution is 7.89. The van der Waals surface area contributed by atoms with E-state index >= 15 is 0 Å². The van der Waals surface area contributed by atoms with E-state index in [2.05, 4.69) is 5.92 Å². The number of nitrogens with zero attached hydrogens (tertiary/aromatic N) is 1. The van der Waals surface area contributed by atoms with Gasteiger partial charge in [-0.25, -0.2) is 13.2 Å². The first-order chi connectivity index (χ1) is 8.45. The fourth-order valence-corrected chi connectivity index (χ4v) is 4.11. The normalized spacial score (nSPS) is 11.4. The number of terminal acetylenes is 1. The van der Waals surface area contributed by atoms with Gasteiger partial charge in [0.15, 0.2) is 0 Å². The van der Waals surface area contributed by atoms with Gasteiger partial charge < -0.3 is 5.11 Å². The van der Waals surface area contributed by atoms with Crippen LogP contribution in [0.5, 0.6) is 0 Å². The van der Waals surface area contributed by atoms with E-state index in [0.717, 1.165) is 15.6 Å². The quantitative estimate of drug-likeness (QED) is 0.804. The summed E-state index contributed by atoms with van der Waals surface area (Å²) in [6, 6.07) is 1.29. The summed E-state index contributed by atoms with van der Waals surface area (Å²) in [4.78, 5) is 10.6. The Morgan fingerprint density at radius 1 is 1.61 bits per heavy atom. The zero-order valence-corrected chi connectivity index (χ0v) is 11.4. The fourth-order valence-electron chi connectivity index (χ4n) is 1.43. The maximum absolute atomic E-state index is 12.3. The average molecular weight is 287 g/mol. The van der Waals surface area contributed by atoms with Gasteiger partial charge in [0.2, 0.25) is 10.0 Å². The van der Waals surface area contributed by atoms with Gasteiger partial charge in [-0.1, -0.05) is 12.8 Å². The van der Waals surface area contributed by atoms with E-state index in [1.807, 2.05) is 6.92 Å². The molecule has 0 atom stereocenters. The first-order valence-corrected chi connectivity index (χ1v) is 7.51. The molecular formula is C11H13NO4S2. The van der Waals surface area contributed by atoms with Gasteiger partial charge in [-0.2, -0.15) is 4.31 Å². The molecule has 0 radical (unpaired) electrons. The molecule has 5 nitrogen and oxygen atoms in total. The van der Waals surface area contributed by atoms with Crippen molar-refractivity contribution in [2.45, 2.75) is 18.2 Å². The van der Waals surface area contributed by atoms with Crippen molar-refractivity contribution in [2.24, 2.45) is 0 Å². The first kappa shape index (κ1) is 14.7. The third-order valence-electron chi connectivity index (χ3n) is 2.18. The molecule has 0 saturated heterocycles. The maximum Gasteiger partial charge on any atom is 0.347 e. The van der Waals surface area contributed by atoms with Crippen LogP contribution < -0.4 is 0 Å². The van der Waals surface area contributed by atoms with Crippen molar-refractivity contribution in [1.29, 1.82) is 0 Å². The minimum Gasteiger partial charge on any atom is -0.477 e. The van der Waals surface area contributed by atoms with E-state index in [-0.39, 0.29) is 22.9 Å². The Morgan fingerprint density at radius 2 is 2.28 bits per heavy atom. The molecule has 0 amide bonds. The van der Waals surface area contributed by atoms with Gasteiger partial charge in [0.25, 0.3) is 0 Å². The Labute approximate surface area is 110 Å². The smallest absolute Gasteiger partial charge is 0.347 e. The standard InChI is InChI=1S/C11H13NO4S2/c1-3-6-12(7-4-2)18(15,16)9-5-8-17-10(9)11(13)14/h1,5,8H,4,6-7H2,2H3,(H,13,14). The van der Waals surface area contributed by atoms with Crippen molar-refractivity contribution in [3.63, 3.8) is 0 Å². The van der Waals surface area contributed by atoms with Crippen molar-refractivity contribution in [2.75, 3.05) is 13.1 Å². The Hall–Kier alpha value is -1.36. The lowest BCUT2D eigenvalue weighted by atomic mass is 10.5. The number of aromatic carboxylic acids is 1. The molecule has 1 heterocycles. The fraction of sp³-hybridized carbons (Fsp3) is 0.364. The number of sulfonamides is 1. The summed E-state index contributed by atoms with van der Waals surface area (Å²) in [5, 5.41) is 10.4. The van der Waals surface area contributed by atoms with Gasteiger partial charge in [0, 0.05) is 6.54 Å². The summed E-state index contributed by atoms with van der Waals surface area (Å²) >= 11 is 0.881. The van der Waals surface area contributed by atoms with Crippen molar-refractivity contribution in [3.05, 3.63) is 16.3 Å². The Morgan fingerprint density at radius 3 is 2.78 bits per heavy atom. The molecule has 0 aliphatic heterocycles. The molecule has 98 valence electrons. The molecule has 7 heteroatoms. The van der Waals surface area contributed by atoms with Gasteiger partial charge in [-0.3, -0.25) is 0 Å². The summed E-state index contributed by atoms with van der Waals surface area (Å²) in [6.45, 7) is 2.03. The monoisotopic (exact) mass is 287 g/mol. The molecule has 0 spiro atoms. The largest absolute Gasteiger partial charge is 0.477 e. The van der Waals surface area contributed by atoms with Gasteiger partial charge in [0.05, 0.1) is 6.54 Å². The van der Waals surface area contributed by atoms with Gasteiger partial charge in [-0.05, 0) is 17.9 Å². The second kappa shape index (κ2) is 6.00. The lowest BCUT2D eigenvalue weighted by Gasteiger charge is -2.18. The van der Waals surface area contributed by atoms with Crippen LogP contribution in [-0.2, 0) is 10.0 Å². The van der Waals surface area contributed by atoms with E-state index < -0.39 is 16.0 Å². The molecule has 0 aliphatic rings. The van der Waals surface area contributed by atoms with E-state index in [1.165, 1.54) is 11.4 Å². The topological polar surface area (TPSA) is 74.7 Å². The summed E-state index contributed by atoms with van der Waals surface area (Å²) in [5.74, 6) is 1.02. The molecule has 0 fully saturated rings. The van der Waals surface area contributed by atoms with Gasteiger partial charge in [-0.15, -0.1) is 17.8 Å². The number of hydrogen-bond acceptors (Lipinski definition) is 4. The number of rotatable bonds is 6. The Balaban J connectivity index is 3.23. The van der Waals surface area contributed by atoms with Crippen LogP contribution in [-0.4, -0.2) is 36.9 Å². The molecule has 0 aromatic carbocycles. The SMILES string of the molecule is C#CCN(CCC)S(=O)(=O)c1ccsc1C(=O)O. The highest BCUT2D eigenvalue weighted by Gasteiger charge is 2.29. The van der Waals surface area contributed by atoms with Crippen LogP contribution in [0.15, 0.2) is 16.3 Å². The molecule has 1 N–H and O–H groups in total. The minimum atomic E-state index is -3.84. The predicted molar refractivity (Wildman–Crippen MR) is 69.2 cm³/mol. The van der Waals surface area contributed by atoms with Crippen molar-refractivity contribution in [3.8, 4) is 12.3 Å². The van der Waals surface area contributed by atoms with Crippen LogP contribution in [0.25, 0.3) is 0 Å². The second-order valence-corrected chi connectivity index (χ2v) is 6.28. The van der Waals surface area contributed by atoms with Crippen molar-refractivity contribution >= 4 is 27.3 Å². The van der Waals surface area contributed by atoms with Crippen molar-refractivity contribution in [1.82, 2.24) is 4.31 Å². The molecule has 0 unspecified atom stereocenters. The molecule has 1 aromatic heterocycles. The average Bonchev–Trinajstić information content (AvgIpc) is 2.78. The summed E-state index contributed by atoms with van der Waals surface area (Å²) < 4.78 is 25.7. The van der Waals surface area contributed by atoms with Crippen LogP contribution in [0.2, 0.25) is 0 Å². The molecule has 0 bridgehead atoms. The highest BCUT2D eigenvalue weighted by Crippen LogP contribution is 2.25. The number of carbonyl (C=O) groups is 1. The maximum atomic E-state index is 12.3. The Kier molecular flexibility index (Phi) is 4.90. The molecular weight excluding hydrogens is 274 g/mol. The lowest BCUT2D eigenvalue weighted by molar-refractivity contribution is 0.0698. The predicted octanol–water partition coefficient (Wildman–Crippen LogP) is 1.48. The Bertz CT molecular complexity index is 568. The summed E-state index contributed by atoms with van der Waals surface area (Å²) in [6.07, 6.45) is 5.74. The number of hydrogen-bond donors (Lipinski definition) is 1. The summed E-state index contributed by atoms with van der Waals surface area (Å²) in [5.41, 5.74) is 0. The number of carboxylic acid groups (broad SMARTS) is 1. The number of carboxylic acids is 1. The van der Waals surface area contributed by atoms with E-state index in [0.29, 0.717) is 6.42 Å². The zero-order chi connectivity index (χ0) is 13.8. The highest BCUT2D eigenvalue weighted by atomic mass is 32.2. The third-order valence-corrected chi connectivity index (χ3v) is 5.10. The third kappa shape index (κ3) is 2.90. The molecule has 0 saturated carbocycles. The second-order valence-electron chi connectivity index (χ2n) is 3.46. The zero-order valence-electron chi connectivity index (χ0n) is 9.79.